The summed E-state index contributed by atoms with van der Waals surface area (Å²) < 4.78 is 5.54. The van der Waals surface area contributed by atoms with E-state index < -0.39 is 0 Å². The number of amides is 2. The Balaban J connectivity index is 1.38. The number of carbonyl (C=O) groups excluding carboxylic acids is 2. The van der Waals surface area contributed by atoms with Crippen molar-refractivity contribution in [2.75, 3.05) is 25.0 Å². The maximum absolute atomic E-state index is 13.3. The topological polar surface area (TPSA) is 65.8 Å². The molecule has 2 heterocycles. The molecule has 0 bridgehead atoms. The molecule has 34 heavy (non-hydrogen) atoms. The number of Topliss-reactive ketones (excluding diaryl/α,β-unsaturated/α-hetero) is 1. The molecule has 6 nitrogen and oxygen atoms in total. The van der Waals surface area contributed by atoms with Crippen molar-refractivity contribution in [3.63, 3.8) is 0 Å². The van der Waals surface area contributed by atoms with Crippen molar-refractivity contribution in [3.8, 4) is 0 Å². The molecule has 0 aliphatic carbocycles. The largest absolute Gasteiger partial charge is 0.467 e. The van der Waals surface area contributed by atoms with E-state index in [2.05, 4.69) is 22.3 Å². The Morgan fingerprint density at radius 1 is 1.09 bits per heavy atom. The van der Waals surface area contributed by atoms with Gasteiger partial charge in [0.1, 0.15) is 5.76 Å². The molecule has 7 heteroatoms. The predicted molar refractivity (Wildman–Crippen MR) is 134 cm³/mol. The molecule has 3 aromatic rings. The number of benzene rings is 2. The van der Waals surface area contributed by atoms with E-state index in [4.69, 9.17) is 16.0 Å². The van der Waals surface area contributed by atoms with Gasteiger partial charge in [0.25, 0.3) is 0 Å². The van der Waals surface area contributed by atoms with Gasteiger partial charge in [0.05, 0.1) is 12.8 Å². The molecule has 1 aliphatic rings. The fourth-order valence-corrected chi connectivity index (χ4v) is 4.47. The number of hydrogen-bond acceptors (Lipinski definition) is 4. The van der Waals surface area contributed by atoms with E-state index in [1.807, 2.05) is 29.2 Å². The second-order valence-electron chi connectivity index (χ2n) is 8.72. The van der Waals surface area contributed by atoms with Crippen LogP contribution in [-0.2, 0) is 13.0 Å². The number of carbonyl (C=O) groups is 2. The standard InChI is InChI=1S/C27H30ClN3O3/c1-20(32)22-4-2-5-24(18-22)29-27(33)31(19-26-6-3-17-34-26)25-12-15-30(16-13-25)14-11-21-7-9-23(28)10-8-21/h2-10,17-18,25H,11-16,19H2,1H3,(H,29,33). The second kappa shape index (κ2) is 11.4. The van der Waals surface area contributed by atoms with Gasteiger partial charge in [-0.3, -0.25) is 4.79 Å². The van der Waals surface area contributed by atoms with E-state index in [9.17, 15) is 9.59 Å². The predicted octanol–water partition coefficient (Wildman–Crippen LogP) is 5.88. The van der Waals surface area contributed by atoms with Crippen LogP contribution in [0.25, 0.3) is 0 Å². The van der Waals surface area contributed by atoms with Gasteiger partial charge in [0.15, 0.2) is 5.78 Å². The Bertz CT molecular complexity index is 1090. The van der Waals surface area contributed by atoms with Crippen LogP contribution in [0.3, 0.4) is 0 Å². The number of urea groups is 1. The average Bonchev–Trinajstić information content (AvgIpc) is 3.36. The maximum Gasteiger partial charge on any atom is 0.322 e. The first-order valence-corrected chi connectivity index (χ1v) is 12.0. The van der Waals surface area contributed by atoms with Crippen molar-refractivity contribution in [1.29, 1.82) is 0 Å². The van der Waals surface area contributed by atoms with Crippen LogP contribution in [0.15, 0.2) is 71.3 Å². The van der Waals surface area contributed by atoms with E-state index in [0.717, 1.165) is 49.7 Å². The summed E-state index contributed by atoms with van der Waals surface area (Å²) in [6, 6.07) is 18.7. The Labute approximate surface area is 205 Å². The number of ketones is 1. The molecule has 1 fully saturated rings. The quantitative estimate of drug-likeness (QED) is 0.410. The van der Waals surface area contributed by atoms with Crippen LogP contribution in [0.1, 0.15) is 41.4 Å². The number of rotatable bonds is 8. The molecule has 178 valence electrons. The third-order valence-corrected chi connectivity index (χ3v) is 6.57. The monoisotopic (exact) mass is 479 g/mol. The molecule has 0 saturated carbocycles. The Kier molecular flexibility index (Phi) is 8.03. The second-order valence-corrected chi connectivity index (χ2v) is 9.16. The van der Waals surface area contributed by atoms with Crippen molar-refractivity contribution in [2.24, 2.45) is 0 Å². The minimum Gasteiger partial charge on any atom is -0.467 e. The summed E-state index contributed by atoms with van der Waals surface area (Å²) in [7, 11) is 0. The number of piperidine rings is 1. The SMILES string of the molecule is CC(=O)c1cccc(NC(=O)N(Cc2ccco2)C2CCN(CCc3ccc(Cl)cc3)CC2)c1. The summed E-state index contributed by atoms with van der Waals surface area (Å²) in [6.07, 6.45) is 4.39. The Morgan fingerprint density at radius 3 is 2.53 bits per heavy atom. The van der Waals surface area contributed by atoms with Gasteiger partial charge < -0.3 is 19.5 Å². The molecular weight excluding hydrogens is 450 g/mol. The van der Waals surface area contributed by atoms with E-state index in [0.29, 0.717) is 17.8 Å². The number of hydrogen-bond donors (Lipinski definition) is 1. The molecule has 1 aliphatic heterocycles. The molecule has 1 saturated heterocycles. The van der Waals surface area contributed by atoms with E-state index in [-0.39, 0.29) is 17.9 Å². The fraction of sp³-hybridized carbons (Fsp3) is 0.333. The zero-order valence-corrected chi connectivity index (χ0v) is 20.1. The molecule has 0 radical (unpaired) electrons. The first-order valence-electron chi connectivity index (χ1n) is 11.7. The highest BCUT2D eigenvalue weighted by molar-refractivity contribution is 6.30. The van der Waals surface area contributed by atoms with Crippen molar-refractivity contribution in [2.45, 2.75) is 38.8 Å². The van der Waals surface area contributed by atoms with Gasteiger partial charge in [-0.25, -0.2) is 4.79 Å². The van der Waals surface area contributed by atoms with Crippen LogP contribution in [-0.4, -0.2) is 47.3 Å². The highest BCUT2D eigenvalue weighted by Gasteiger charge is 2.29. The minimum atomic E-state index is -0.184. The summed E-state index contributed by atoms with van der Waals surface area (Å²) in [6.45, 7) is 4.77. The summed E-state index contributed by atoms with van der Waals surface area (Å²) in [5, 5.41) is 3.74. The van der Waals surface area contributed by atoms with Crippen LogP contribution in [0, 0.1) is 0 Å². The Hall–Kier alpha value is -3.09. The highest BCUT2D eigenvalue weighted by Crippen LogP contribution is 2.22. The maximum atomic E-state index is 13.3. The first-order chi connectivity index (χ1) is 16.5. The van der Waals surface area contributed by atoms with Gasteiger partial charge in [-0.2, -0.15) is 0 Å². The lowest BCUT2D eigenvalue weighted by atomic mass is 10.0. The van der Waals surface area contributed by atoms with Crippen LogP contribution in [0.5, 0.6) is 0 Å². The highest BCUT2D eigenvalue weighted by atomic mass is 35.5. The van der Waals surface area contributed by atoms with Crippen molar-refractivity contribution >= 4 is 29.1 Å². The van der Waals surface area contributed by atoms with E-state index in [1.54, 1.807) is 30.5 Å². The number of furan rings is 1. The van der Waals surface area contributed by atoms with E-state index >= 15 is 0 Å². The number of likely N-dealkylation sites (tertiary alicyclic amines) is 1. The first kappa shape index (κ1) is 24.0. The smallest absolute Gasteiger partial charge is 0.322 e. The summed E-state index contributed by atoms with van der Waals surface area (Å²) in [5.74, 6) is 0.715. The molecule has 1 aromatic heterocycles. The minimum absolute atomic E-state index is 0.0329. The molecule has 0 unspecified atom stereocenters. The lowest BCUT2D eigenvalue weighted by Gasteiger charge is -2.38. The zero-order valence-electron chi connectivity index (χ0n) is 19.4. The van der Waals surface area contributed by atoms with Gasteiger partial charge in [0, 0.05) is 41.9 Å². The fourth-order valence-electron chi connectivity index (χ4n) is 4.34. The molecule has 4 rings (SSSR count). The zero-order chi connectivity index (χ0) is 23.9. The van der Waals surface area contributed by atoms with Crippen molar-refractivity contribution in [1.82, 2.24) is 9.80 Å². The third kappa shape index (κ3) is 6.49. The van der Waals surface area contributed by atoms with Crippen LogP contribution < -0.4 is 5.32 Å². The average molecular weight is 480 g/mol. The van der Waals surface area contributed by atoms with Gasteiger partial charge >= 0.3 is 6.03 Å². The van der Waals surface area contributed by atoms with Crippen molar-refractivity contribution in [3.05, 3.63) is 88.8 Å². The van der Waals surface area contributed by atoms with Gasteiger partial charge in [-0.05, 0) is 68.1 Å². The number of nitrogens with one attached hydrogen (secondary N) is 1. The number of anilines is 1. The molecule has 2 aromatic carbocycles. The van der Waals surface area contributed by atoms with Crippen molar-refractivity contribution < 1.29 is 14.0 Å². The number of nitrogens with zero attached hydrogens (tertiary/aromatic N) is 2. The summed E-state index contributed by atoms with van der Waals surface area (Å²) >= 11 is 5.99. The van der Waals surface area contributed by atoms with Gasteiger partial charge in [-0.15, -0.1) is 0 Å². The summed E-state index contributed by atoms with van der Waals surface area (Å²) in [4.78, 5) is 29.3. The van der Waals surface area contributed by atoms with Crippen LogP contribution in [0.2, 0.25) is 5.02 Å². The van der Waals surface area contributed by atoms with Crippen LogP contribution >= 0.6 is 11.6 Å². The molecule has 0 spiro atoms. The van der Waals surface area contributed by atoms with Crippen LogP contribution in [0.4, 0.5) is 10.5 Å². The lowest BCUT2D eigenvalue weighted by Crippen LogP contribution is -2.48. The lowest BCUT2D eigenvalue weighted by molar-refractivity contribution is 0.101. The van der Waals surface area contributed by atoms with E-state index in [1.165, 1.54) is 12.5 Å². The normalized spacial score (nSPS) is 14.6. The third-order valence-electron chi connectivity index (χ3n) is 6.32. The molecule has 0 atom stereocenters. The van der Waals surface area contributed by atoms with Gasteiger partial charge in [0.2, 0.25) is 0 Å². The summed E-state index contributed by atoms with van der Waals surface area (Å²) in [5.41, 5.74) is 2.46. The number of halogens is 1. The van der Waals surface area contributed by atoms with Gasteiger partial charge in [-0.1, -0.05) is 35.9 Å². The Morgan fingerprint density at radius 2 is 1.85 bits per heavy atom. The molecular formula is C27H30ClN3O3. The molecule has 1 N–H and O–H groups in total. The molecule has 2 amide bonds.